The lowest BCUT2D eigenvalue weighted by Crippen LogP contribution is -2.40. The Bertz CT molecular complexity index is 1180. The molecule has 3 aliphatic rings. The molecule has 2 aliphatic heterocycles. The monoisotopic (exact) mass is 449 g/mol. The van der Waals surface area contributed by atoms with Gasteiger partial charge in [0.25, 0.3) is 0 Å². The zero-order valence-corrected chi connectivity index (χ0v) is 19.8. The molecule has 0 aromatic heterocycles. The fourth-order valence-electron chi connectivity index (χ4n) is 5.43. The van der Waals surface area contributed by atoms with Crippen molar-refractivity contribution in [1.82, 2.24) is 4.90 Å². The standard InChI is InChI=1S/C27H28ClNO3/c1-27(2)14-22-26(23(30)15-27)19(17-7-5-6-8-20(17)28)12-21-18-13-25(32-4)24(31-3)11-16(18)9-10-29(21)22/h5-8,11-13,19H,9-10,14-15H2,1-4H3/t19-/m1/s1. The molecule has 1 atom stereocenters. The van der Waals surface area contributed by atoms with Gasteiger partial charge >= 0.3 is 0 Å². The Morgan fingerprint density at radius 1 is 1.06 bits per heavy atom. The molecule has 166 valence electrons. The Kier molecular flexibility index (Phi) is 5.09. The molecule has 2 aromatic rings. The van der Waals surface area contributed by atoms with E-state index in [1.807, 2.05) is 24.3 Å². The predicted molar refractivity (Wildman–Crippen MR) is 127 cm³/mol. The highest BCUT2D eigenvalue weighted by atomic mass is 35.5. The average molecular weight is 450 g/mol. The summed E-state index contributed by atoms with van der Waals surface area (Å²) in [6, 6.07) is 12.0. The van der Waals surface area contributed by atoms with Crippen molar-refractivity contribution in [2.45, 2.75) is 39.0 Å². The van der Waals surface area contributed by atoms with Crippen LogP contribution in [0.3, 0.4) is 0 Å². The van der Waals surface area contributed by atoms with Crippen LogP contribution in [0.15, 0.2) is 53.7 Å². The van der Waals surface area contributed by atoms with Crippen LogP contribution in [0.25, 0.3) is 5.70 Å². The molecule has 2 aromatic carbocycles. The Labute approximate surface area is 194 Å². The molecule has 5 rings (SSSR count). The third-order valence-electron chi connectivity index (χ3n) is 6.88. The number of carbonyl (C=O) groups is 1. The van der Waals surface area contributed by atoms with Crippen LogP contribution in [0.2, 0.25) is 5.02 Å². The van der Waals surface area contributed by atoms with Crippen molar-refractivity contribution in [3.63, 3.8) is 0 Å². The Hall–Kier alpha value is -2.72. The molecule has 0 saturated heterocycles. The van der Waals surface area contributed by atoms with Gasteiger partial charge in [-0.2, -0.15) is 0 Å². The largest absolute Gasteiger partial charge is 0.493 e. The van der Waals surface area contributed by atoms with Gasteiger partial charge in [0.15, 0.2) is 17.3 Å². The van der Waals surface area contributed by atoms with E-state index in [-0.39, 0.29) is 17.1 Å². The van der Waals surface area contributed by atoms with Gasteiger partial charge in [0.2, 0.25) is 0 Å². The van der Waals surface area contributed by atoms with Crippen LogP contribution in [0.1, 0.15) is 49.3 Å². The second-order valence-electron chi connectivity index (χ2n) is 9.62. The van der Waals surface area contributed by atoms with E-state index in [4.69, 9.17) is 21.1 Å². The fraction of sp³-hybridized carbons (Fsp3) is 0.370. The van der Waals surface area contributed by atoms with Crippen molar-refractivity contribution >= 4 is 23.1 Å². The van der Waals surface area contributed by atoms with E-state index < -0.39 is 0 Å². The summed E-state index contributed by atoms with van der Waals surface area (Å²) in [5.41, 5.74) is 6.46. The average Bonchev–Trinajstić information content (AvgIpc) is 2.76. The van der Waals surface area contributed by atoms with Gasteiger partial charge in [-0.3, -0.25) is 4.79 Å². The number of hydrogen-bond donors (Lipinski definition) is 0. The minimum absolute atomic E-state index is 0.0682. The van der Waals surface area contributed by atoms with Crippen LogP contribution in [0.5, 0.6) is 11.5 Å². The third-order valence-corrected chi connectivity index (χ3v) is 7.22. The molecular weight excluding hydrogens is 422 g/mol. The number of nitrogens with zero attached hydrogens (tertiary/aromatic N) is 1. The summed E-state index contributed by atoms with van der Waals surface area (Å²) in [4.78, 5) is 15.8. The van der Waals surface area contributed by atoms with Gasteiger partial charge in [0.05, 0.1) is 14.2 Å². The molecule has 0 N–H and O–H groups in total. The fourth-order valence-corrected chi connectivity index (χ4v) is 5.69. The smallest absolute Gasteiger partial charge is 0.162 e. The number of carbonyl (C=O) groups excluding carboxylic acids is 1. The molecule has 0 unspecified atom stereocenters. The maximum absolute atomic E-state index is 13.4. The van der Waals surface area contributed by atoms with Crippen molar-refractivity contribution in [3.8, 4) is 11.5 Å². The number of Topliss-reactive ketones (excluding diaryl/α,β-unsaturated/α-hetero) is 1. The van der Waals surface area contributed by atoms with Crippen LogP contribution in [0, 0.1) is 5.41 Å². The molecule has 0 fully saturated rings. The Balaban J connectivity index is 1.73. The Morgan fingerprint density at radius 3 is 2.50 bits per heavy atom. The predicted octanol–water partition coefficient (Wildman–Crippen LogP) is 6.00. The first-order valence-electron chi connectivity index (χ1n) is 11.1. The molecule has 0 amide bonds. The van der Waals surface area contributed by atoms with E-state index >= 15 is 0 Å². The molecule has 1 aliphatic carbocycles. The topological polar surface area (TPSA) is 38.8 Å². The van der Waals surface area contributed by atoms with E-state index in [2.05, 4.69) is 37.0 Å². The van der Waals surface area contributed by atoms with Crippen molar-refractivity contribution in [2.24, 2.45) is 5.41 Å². The summed E-state index contributed by atoms with van der Waals surface area (Å²) >= 11 is 6.64. The lowest BCUT2D eigenvalue weighted by molar-refractivity contribution is -0.118. The first-order chi connectivity index (χ1) is 15.3. The number of fused-ring (bicyclic) bond motifs is 4. The van der Waals surface area contributed by atoms with E-state index in [9.17, 15) is 4.79 Å². The highest BCUT2D eigenvalue weighted by molar-refractivity contribution is 6.31. The highest BCUT2D eigenvalue weighted by Gasteiger charge is 2.43. The molecule has 0 saturated carbocycles. The number of ketones is 1. The first kappa shape index (κ1) is 21.1. The molecule has 5 heteroatoms. The van der Waals surface area contributed by atoms with Crippen molar-refractivity contribution in [1.29, 1.82) is 0 Å². The van der Waals surface area contributed by atoms with Crippen LogP contribution in [-0.4, -0.2) is 31.4 Å². The van der Waals surface area contributed by atoms with Gasteiger partial charge in [0.1, 0.15) is 0 Å². The molecule has 2 heterocycles. The van der Waals surface area contributed by atoms with E-state index in [0.717, 1.165) is 53.2 Å². The van der Waals surface area contributed by atoms with Gasteiger partial charge < -0.3 is 14.4 Å². The van der Waals surface area contributed by atoms with Crippen LogP contribution < -0.4 is 9.47 Å². The number of rotatable bonds is 3. The van der Waals surface area contributed by atoms with Crippen LogP contribution in [0.4, 0.5) is 0 Å². The molecular formula is C27H28ClNO3. The second kappa shape index (κ2) is 7.70. The van der Waals surface area contributed by atoms with Crippen molar-refractivity contribution in [3.05, 3.63) is 75.5 Å². The zero-order valence-electron chi connectivity index (χ0n) is 19.0. The SMILES string of the molecule is COc1cc2c(cc1OC)C1=C[C@H](c3ccccc3Cl)C3=C(CC(C)(C)CC3=O)N1CC2. The second-order valence-corrected chi connectivity index (χ2v) is 10.0. The number of halogens is 1. The summed E-state index contributed by atoms with van der Waals surface area (Å²) in [5.74, 6) is 1.53. The lowest BCUT2D eigenvalue weighted by Gasteiger charge is -2.46. The molecule has 0 radical (unpaired) electrons. The molecule has 0 spiro atoms. The first-order valence-corrected chi connectivity index (χ1v) is 11.5. The third kappa shape index (κ3) is 3.32. The van der Waals surface area contributed by atoms with Crippen LogP contribution in [-0.2, 0) is 11.2 Å². The summed E-state index contributed by atoms with van der Waals surface area (Å²) < 4.78 is 11.2. The summed E-state index contributed by atoms with van der Waals surface area (Å²) in [5, 5.41) is 0.690. The maximum Gasteiger partial charge on any atom is 0.162 e. The van der Waals surface area contributed by atoms with E-state index in [0.29, 0.717) is 17.2 Å². The number of methoxy groups -OCH3 is 2. The summed E-state index contributed by atoms with van der Waals surface area (Å²) in [6.45, 7) is 5.21. The lowest BCUT2D eigenvalue weighted by atomic mass is 9.69. The van der Waals surface area contributed by atoms with Crippen molar-refractivity contribution in [2.75, 3.05) is 20.8 Å². The van der Waals surface area contributed by atoms with Crippen LogP contribution >= 0.6 is 11.6 Å². The van der Waals surface area contributed by atoms with E-state index in [1.165, 1.54) is 5.56 Å². The van der Waals surface area contributed by atoms with Gasteiger partial charge in [-0.1, -0.05) is 43.6 Å². The quantitative estimate of drug-likeness (QED) is 0.576. The van der Waals surface area contributed by atoms with Gasteiger partial charge in [0, 0.05) is 46.4 Å². The van der Waals surface area contributed by atoms with Gasteiger partial charge in [-0.15, -0.1) is 0 Å². The minimum Gasteiger partial charge on any atom is -0.493 e. The number of allylic oxidation sites excluding steroid dienone is 3. The normalized spacial score (nSPS) is 21.4. The number of hydrogen-bond acceptors (Lipinski definition) is 4. The number of benzene rings is 2. The van der Waals surface area contributed by atoms with Crippen molar-refractivity contribution < 1.29 is 14.3 Å². The molecule has 4 nitrogen and oxygen atoms in total. The maximum atomic E-state index is 13.4. The zero-order chi connectivity index (χ0) is 22.6. The summed E-state index contributed by atoms with van der Waals surface area (Å²) in [6.07, 6.45) is 4.54. The number of ether oxygens (including phenoxy) is 2. The highest BCUT2D eigenvalue weighted by Crippen LogP contribution is 2.51. The minimum atomic E-state index is -0.160. The van der Waals surface area contributed by atoms with Gasteiger partial charge in [-0.05, 0) is 53.7 Å². The van der Waals surface area contributed by atoms with Gasteiger partial charge in [-0.25, -0.2) is 0 Å². The Morgan fingerprint density at radius 2 is 1.78 bits per heavy atom. The van der Waals surface area contributed by atoms with E-state index in [1.54, 1.807) is 14.2 Å². The summed E-state index contributed by atoms with van der Waals surface area (Å²) in [7, 11) is 3.33. The molecule has 32 heavy (non-hydrogen) atoms. The molecule has 0 bridgehead atoms.